The number of hydrogen-bond donors (Lipinski definition) is 0. The minimum absolute atomic E-state index is 0.851. The summed E-state index contributed by atoms with van der Waals surface area (Å²) in [6.45, 7) is 6.76. The highest BCUT2D eigenvalue weighted by Gasteiger charge is 2.12. The molecule has 0 amide bonds. The van der Waals surface area contributed by atoms with E-state index in [2.05, 4.69) is 78.8 Å². The largest absolute Gasteiger partial charge is 0.497 e. The van der Waals surface area contributed by atoms with Crippen LogP contribution in [0.3, 0.4) is 0 Å². The van der Waals surface area contributed by atoms with Crippen LogP contribution >= 0.6 is 0 Å². The molecule has 3 rings (SSSR count). The molecule has 0 unspecified atom stereocenters. The molecular formula is C22H24N2OSi. The van der Waals surface area contributed by atoms with Crippen molar-refractivity contribution in [1.29, 1.82) is 0 Å². The second-order valence-corrected chi connectivity index (χ2v) is 12.1. The van der Waals surface area contributed by atoms with Gasteiger partial charge in [0, 0.05) is 29.9 Å². The van der Waals surface area contributed by atoms with Crippen molar-refractivity contribution < 1.29 is 4.74 Å². The number of nitrogens with zero attached hydrogens (tertiary/aromatic N) is 2. The number of rotatable bonds is 3. The molecule has 4 heteroatoms. The summed E-state index contributed by atoms with van der Waals surface area (Å²) in [6, 6.07) is 16.4. The summed E-state index contributed by atoms with van der Waals surface area (Å²) < 4.78 is 7.11. The SMILES string of the molecule is COc1ccc(-c2cn(C)nc2-c2ccc(C#C[Si](C)(C)C)cc2)cc1. The van der Waals surface area contributed by atoms with Crippen LogP contribution in [-0.2, 0) is 7.05 Å². The van der Waals surface area contributed by atoms with Gasteiger partial charge in [0.1, 0.15) is 19.5 Å². The predicted octanol–water partition coefficient (Wildman–Crippen LogP) is 4.99. The lowest BCUT2D eigenvalue weighted by Gasteiger charge is -2.05. The summed E-state index contributed by atoms with van der Waals surface area (Å²) >= 11 is 0. The molecule has 0 radical (unpaired) electrons. The van der Waals surface area contributed by atoms with Crippen LogP contribution in [0.4, 0.5) is 0 Å². The van der Waals surface area contributed by atoms with Crippen molar-refractivity contribution in [2.24, 2.45) is 7.05 Å². The fourth-order valence-electron chi connectivity index (χ4n) is 2.65. The molecule has 0 N–H and O–H groups in total. The maximum absolute atomic E-state index is 5.25. The van der Waals surface area contributed by atoms with E-state index in [9.17, 15) is 0 Å². The Morgan fingerprint density at radius 3 is 2.12 bits per heavy atom. The van der Waals surface area contributed by atoms with E-state index in [1.54, 1.807) is 7.11 Å². The minimum Gasteiger partial charge on any atom is -0.497 e. The van der Waals surface area contributed by atoms with E-state index >= 15 is 0 Å². The Morgan fingerprint density at radius 2 is 1.54 bits per heavy atom. The second-order valence-electron chi connectivity index (χ2n) is 7.37. The number of ether oxygens (including phenoxy) is 1. The third kappa shape index (κ3) is 4.25. The van der Waals surface area contributed by atoms with Gasteiger partial charge in [-0.1, -0.05) is 49.8 Å². The Labute approximate surface area is 156 Å². The Bertz CT molecular complexity index is 953. The normalized spacial score (nSPS) is 11.0. The minimum atomic E-state index is -1.36. The molecule has 3 aromatic rings. The molecule has 0 aliphatic heterocycles. The van der Waals surface area contributed by atoms with E-state index in [0.717, 1.165) is 33.7 Å². The summed E-state index contributed by atoms with van der Waals surface area (Å²) in [4.78, 5) is 0. The van der Waals surface area contributed by atoms with Gasteiger partial charge in [-0.25, -0.2) is 0 Å². The summed E-state index contributed by atoms with van der Waals surface area (Å²) in [5.41, 5.74) is 8.76. The van der Waals surface area contributed by atoms with Crippen molar-refractivity contribution >= 4 is 8.07 Å². The van der Waals surface area contributed by atoms with E-state index in [0.29, 0.717) is 0 Å². The maximum atomic E-state index is 5.25. The van der Waals surface area contributed by atoms with Crippen LogP contribution < -0.4 is 4.74 Å². The van der Waals surface area contributed by atoms with Gasteiger partial charge in [-0.15, -0.1) is 5.54 Å². The molecular weight excluding hydrogens is 336 g/mol. The standard InChI is InChI=1S/C22H24N2OSi/c1-24-16-21(18-10-12-20(25-2)13-11-18)22(23-24)19-8-6-17(7-9-19)14-15-26(3,4)5/h6-13,16H,1-5H3. The number of benzene rings is 2. The van der Waals surface area contributed by atoms with Gasteiger partial charge in [0.15, 0.2) is 0 Å². The highest BCUT2D eigenvalue weighted by molar-refractivity contribution is 6.83. The molecule has 0 spiro atoms. The zero-order valence-corrected chi connectivity index (χ0v) is 17.0. The average molecular weight is 361 g/mol. The molecule has 2 aromatic carbocycles. The Kier molecular flexibility index (Phi) is 5.01. The van der Waals surface area contributed by atoms with Crippen LogP contribution in [0.2, 0.25) is 19.6 Å². The second kappa shape index (κ2) is 7.23. The van der Waals surface area contributed by atoms with Crippen LogP contribution in [0.5, 0.6) is 5.75 Å². The summed E-state index contributed by atoms with van der Waals surface area (Å²) in [5.74, 6) is 4.15. The number of hydrogen-bond acceptors (Lipinski definition) is 2. The van der Waals surface area contributed by atoms with Gasteiger partial charge < -0.3 is 4.74 Å². The van der Waals surface area contributed by atoms with Crippen molar-refractivity contribution in [2.75, 3.05) is 7.11 Å². The number of methoxy groups -OCH3 is 1. The van der Waals surface area contributed by atoms with Crippen LogP contribution in [-0.4, -0.2) is 25.0 Å². The Hall–Kier alpha value is -2.77. The van der Waals surface area contributed by atoms with Gasteiger partial charge in [0.25, 0.3) is 0 Å². The molecule has 0 saturated carbocycles. The van der Waals surface area contributed by atoms with Crippen molar-refractivity contribution in [3.63, 3.8) is 0 Å². The van der Waals surface area contributed by atoms with Crippen molar-refractivity contribution in [2.45, 2.75) is 19.6 Å². The van der Waals surface area contributed by atoms with Crippen LogP contribution in [0.15, 0.2) is 54.7 Å². The monoisotopic (exact) mass is 360 g/mol. The average Bonchev–Trinajstić information content (AvgIpc) is 3.01. The Balaban J connectivity index is 1.95. The highest BCUT2D eigenvalue weighted by Crippen LogP contribution is 2.31. The molecule has 0 saturated heterocycles. The molecule has 132 valence electrons. The molecule has 0 fully saturated rings. The van der Waals surface area contributed by atoms with Gasteiger partial charge >= 0.3 is 0 Å². The fourth-order valence-corrected chi connectivity index (χ4v) is 3.17. The Morgan fingerprint density at radius 1 is 0.923 bits per heavy atom. The molecule has 0 bridgehead atoms. The van der Waals surface area contributed by atoms with E-state index in [-0.39, 0.29) is 0 Å². The zero-order chi connectivity index (χ0) is 18.7. The third-order valence-electron chi connectivity index (χ3n) is 3.97. The number of aryl methyl sites for hydroxylation is 1. The molecule has 1 heterocycles. The lowest BCUT2D eigenvalue weighted by molar-refractivity contribution is 0.415. The zero-order valence-electron chi connectivity index (χ0n) is 16.0. The molecule has 1 aromatic heterocycles. The van der Waals surface area contributed by atoms with Crippen molar-refractivity contribution in [3.05, 3.63) is 60.3 Å². The first-order valence-electron chi connectivity index (χ1n) is 8.67. The molecule has 0 aliphatic rings. The molecule has 0 atom stereocenters. The molecule has 26 heavy (non-hydrogen) atoms. The topological polar surface area (TPSA) is 27.1 Å². The summed E-state index contributed by atoms with van der Waals surface area (Å²) in [5, 5.41) is 4.67. The van der Waals surface area contributed by atoms with Crippen LogP contribution in [0.1, 0.15) is 5.56 Å². The van der Waals surface area contributed by atoms with Crippen molar-refractivity contribution in [1.82, 2.24) is 9.78 Å². The van der Waals surface area contributed by atoms with E-state index in [1.165, 1.54) is 0 Å². The molecule has 3 nitrogen and oxygen atoms in total. The summed E-state index contributed by atoms with van der Waals surface area (Å²) in [7, 11) is 2.26. The van der Waals surface area contributed by atoms with Crippen molar-refractivity contribution in [3.8, 4) is 39.6 Å². The first-order valence-corrected chi connectivity index (χ1v) is 12.2. The van der Waals surface area contributed by atoms with E-state index < -0.39 is 8.07 Å². The van der Waals surface area contributed by atoms with Gasteiger partial charge in [-0.05, 0) is 29.8 Å². The van der Waals surface area contributed by atoms with Gasteiger partial charge in [-0.3, -0.25) is 4.68 Å². The lowest BCUT2D eigenvalue weighted by atomic mass is 10.0. The van der Waals surface area contributed by atoms with Gasteiger partial charge in [0.05, 0.1) is 7.11 Å². The predicted molar refractivity (Wildman–Crippen MR) is 111 cm³/mol. The third-order valence-corrected chi connectivity index (χ3v) is 4.84. The van der Waals surface area contributed by atoms with Crippen LogP contribution in [0.25, 0.3) is 22.4 Å². The fraction of sp³-hybridized carbons (Fsp3) is 0.227. The van der Waals surface area contributed by atoms with Gasteiger partial charge in [0.2, 0.25) is 0 Å². The molecule has 0 aliphatic carbocycles. The first kappa shape index (κ1) is 18.0. The highest BCUT2D eigenvalue weighted by atomic mass is 28.3. The smallest absolute Gasteiger partial charge is 0.129 e. The summed E-state index contributed by atoms with van der Waals surface area (Å²) in [6.07, 6.45) is 2.05. The van der Waals surface area contributed by atoms with Gasteiger partial charge in [-0.2, -0.15) is 5.10 Å². The van der Waals surface area contributed by atoms with Crippen LogP contribution in [0, 0.1) is 11.5 Å². The maximum Gasteiger partial charge on any atom is 0.129 e. The van der Waals surface area contributed by atoms with E-state index in [4.69, 9.17) is 4.74 Å². The first-order chi connectivity index (χ1) is 12.4. The quantitative estimate of drug-likeness (QED) is 0.486. The number of aromatic nitrogens is 2. The van der Waals surface area contributed by atoms with E-state index in [1.807, 2.05) is 23.9 Å². The lowest BCUT2D eigenvalue weighted by Crippen LogP contribution is -2.16.